The van der Waals surface area contributed by atoms with Crippen molar-refractivity contribution >= 4 is 0 Å². The fraction of sp³-hybridized carbons (Fsp3) is 0.167. The molecule has 1 heterocycles. The molecule has 0 aliphatic heterocycles. The highest BCUT2D eigenvalue weighted by molar-refractivity contribution is 5.38. The molecular formula is C12H14N2O. The first-order valence-electron chi connectivity index (χ1n) is 4.85. The van der Waals surface area contributed by atoms with Gasteiger partial charge < -0.3 is 15.4 Å². The second-order valence-corrected chi connectivity index (χ2v) is 3.58. The molecule has 0 fully saturated rings. The van der Waals surface area contributed by atoms with Crippen LogP contribution in [0.4, 0.5) is 0 Å². The van der Waals surface area contributed by atoms with E-state index < -0.39 is 0 Å². The van der Waals surface area contributed by atoms with E-state index >= 15 is 0 Å². The number of aryl methyl sites for hydroxylation is 1. The van der Waals surface area contributed by atoms with Crippen LogP contribution in [0.15, 0.2) is 42.6 Å². The van der Waals surface area contributed by atoms with Crippen LogP contribution < -0.4 is 5.73 Å². The number of aromatic hydroxyl groups is 1. The van der Waals surface area contributed by atoms with E-state index in [-0.39, 0.29) is 11.8 Å². The summed E-state index contributed by atoms with van der Waals surface area (Å²) in [5, 5.41) is 9.68. The monoisotopic (exact) mass is 202 g/mol. The molecule has 2 aromatic rings. The van der Waals surface area contributed by atoms with Crippen molar-refractivity contribution in [3.63, 3.8) is 0 Å². The van der Waals surface area contributed by atoms with Crippen LogP contribution in [-0.2, 0) is 7.05 Å². The van der Waals surface area contributed by atoms with Gasteiger partial charge in [-0.3, -0.25) is 0 Å². The van der Waals surface area contributed by atoms with Gasteiger partial charge in [0.25, 0.3) is 0 Å². The maximum absolute atomic E-state index is 9.68. The number of benzene rings is 1. The molecule has 0 spiro atoms. The first-order valence-corrected chi connectivity index (χ1v) is 4.85. The van der Waals surface area contributed by atoms with Gasteiger partial charge in [-0.2, -0.15) is 0 Å². The van der Waals surface area contributed by atoms with E-state index in [1.54, 1.807) is 12.1 Å². The lowest BCUT2D eigenvalue weighted by molar-refractivity contribution is 0.464. The molecule has 3 heteroatoms. The summed E-state index contributed by atoms with van der Waals surface area (Å²) in [5.41, 5.74) is 7.81. The summed E-state index contributed by atoms with van der Waals surface area (Å²) in [5.74, 6) is 0.242. The lowest BCUT2D eigenvalue weighted by atomic mass is 10.0. The largest absolute Gasteiger partial charge is 0.508 e. The van der Waals surface area contributed by atoms with Crippen molar-refractivity contribution in [2.45, 2.75) is 6.04 Å². The number of rotatable bonds is 2. The molecule has 2 rings (SSSR count). The first-order chi connectivity index (χ1) is 7.20. The van der Waals surface area contributed by atoms with Crippen molar-refractivity contribution in [3.8, 4) is 5.75 Å². The Bertz CT molecular complexity index is 462. The highest BCUT2D eigenvalue weighted by Crippen LogP contribution is 2.26. The highest BCUT2D eigenvalue weighted by atomic mass is 16.3. The number of para-hydroxylation sites is 1. The minimum Gasteiger partial charge on any atom is -0.508 e. The van der Waals surface area contributed by atoms with Gasteiger partial charge in [-0.25, -0.2) is 0 Å². The number of aromatic nitrogens is 1. The molecule has 1 atom stereocenters. The predicted octanol–water partition coefficient (Wildman–Crippen LogP) is 1.78. The Morgan fingerprint density at radius 2 is 1.93 bits per heavy atom. The number of hydrogen-bond acceptors (Lipinski definition) is 2. The Morgan fingerprint density at radius 3 is 2.53 bits per heavy atom. The average molecular weight is 202 g/mol. The smallest absolute Gasteiger partial charge is 0.120 e. The Labute approximate surface area is 88.8 Å². The van der Waals surface area contributed by atoms with Gasteiger partial charge in [0.15, 0.2) is 0 Å². The minimum atomic E-state index is -0.286. The van der Waals surface area contributed by atoms with E-state index in [2.05, 4.69) is 0 Å². The molecule has 0 radical (unpaired) electrons. The first kappa shape index (κ1) is 9.80. The van der Waals surface area contributed by atoms with E-state index in [1.807, 2.05) is 42.1 Å². The summed E-state index contributed by atoms with van der Waals surface area (Å²) in [7, 11) is 1.94. The molecule has 0 bridgehead atoms. The standard InChI is InChI=1S/C12H14N2O/c1-14-8-4-6-10(14)12(13)9-5-2-3-7-11(9)15/h2-8,12,15H,13H2,1H3. The van der Waals surface area contributed by atoms with Crippen LogP contribution in [0, 0.1) is 0 Å². The fourth-order valence-corrected chi connectivity index (χ4v) is 1.71. The predicted molar refractivity (Wildman–Crippen MR) is 59.6 cm³/mol. The molecule has 1 aromatic carbocycles. The molecular weight excluding hydrogens is 188 g/mol. The van der Waals surface area contributed by atoms with E-state index in [4.69, 9.17) is 5.73 Å². The second-order valence-electron chi connectivity index (χ2n) is 3.58. The average Bonchev–Trinajstić information content (AvgIpc) is 2.64. The number of nitrogens with zero attached hydrogens (tertiary/aromatic N) is 1. The quantitative estimate of drug-likeness (QED) is 0.779. The minimum absolute atomic E-state index is 0.242. The molecule has 3 nitrogen and oxygen atoms in total. The van der Waals surface area contributed by atoms with E-state index in [1.165, 1.54) is 0 Å². The molecule has 0 aliphatic carbocycles. The van der Waals surface area contributed by atoms with Gasteiger partial charge in [-0.05, 0) is 18.2 Å². The summed E-state index contributed by atoms with van der Waals surface area (Å²) in [6, 6.07) is 10.8. The van der Waals surface area contributed by atoms with Gasteiger partial charge >= 0.3 is 0 Å². The van der Waals surface area contributed by atoms with Crippen LogP contribution in [0.3, 0.4) is 0 Å². The lowest BCUT2D eigenvalue weighted by Gasteiger charge is -2.14. The van der Waals surface area contributed by atoms with Crippen LogP contribution >= 0.6 is 0 Å². The summed E-state index contributed by atoms with van der Waals surface area (Å²) < 4.78 is 1.96. The molecule has 1 aromatic heterocycles. The van der Waals surface area contributed by atoms with Crippen molar-refractivity contribution in [1.82, 2.24) is 4.57 Å². The highest BCUT2D eigenvalue weighted by Gasteiger charge is 2.14. The second kappa shape index (κ2) is 3.79. The van der Waals surface area contributed by atoms with Gasteiger partial charge in [-0.1, -0.05) is 18.2 Å². The normalized spacial score (nSPS) is 12.7. The van der Waals surface area contributed by atoms with E-state index in [0.717, 1.165) is 11.3 Å². The number of phenols is 1. The summed E-state index contributed by atoms with van der Waals surface area (Å²) >= 11 is 0. The molecule has 3 N–H and O–H groups in total. The third-order valence-corrected chi connectivity index (χ3v) is 2.57. The van der Waals surface area contributed by atoms with E-state index in [0.29, 0.717) is 0 Å². The topological polar surface area (TPSA) is 51.2 Å². The van der Waals surface area contributed by atoms with Crippen molar-refractivity contribution < 1.29 is 5.11 Å². The Morgan fingerprint density at radius 1 is 1.20 bits per heavy atom. The molecule has 1 unspecified atom stereocenters. The SMILES string of the molecule is Cn1cccc1C(N)c1ccccc1O. The molecule has 0 aliphatic rings. The zero-order valence-electron chi connectivity index (χ0n) is 8.59. The zero-order valence-corrected chi connectivity index (χ0v) is 8.59. The summed E-state index contributed by atoms with van der Waals surface area (Å²) in [6.45, 7) is 0. The maximum atomic E-state index is 9.68. The number of nitrogens with two attached hydrogens (primary N) is 1. The summed E-state index contributed by atoms with van der Waals surface area (Å²) in [4.78, 5) is 0. The fourth-order valence-electron chi connectivity index (χ4n) is 1.71. The maximum Gasteiger partial charge on any atom is 0.120 e. The van der Waals surface area contributed by atoms with Crippen LogP contribution in [0.5, 0.6) is 5.75 Å². The molecule has 0 saturated heterocycles. The van der Waals surface area contributed by atoms with Crippen LogP contribution in [-0.4, -0.2) is 9.67 Å². The molecule has 0 amide bonds. The molecule has 15 heavy (non-hydrogen) atoms. The third-order valence-electron chi connectivity index (χ3n) is 2.57. The van der Waals surface area contributed by atoms with E-state index in [9.17, 15) is 5.11 Å². The number of phenolic OH excluding ortho intramolecular Hbond substituents is 1. The molecule has 78 valence electrons. The van der Waals surface area contributed by atoms with Crippen LogP contribution in [0.2, 0.25) is 0 Å². The van der Waals surface area contributed by atoms with Gasteiger partial charge in [0.05, 0.1) is 6.04 Å². The Balaban J connectivity index is 2.41. The number of hydrogen-bond donors (Lipinski definition) is 2. The Hall–Kier alpha value is -1.74. The van der Waals surface area contributed by atoms with Crippen molar-refractivity contribution in [3.05, 3.63) is 53.9 Å². The van der Waals surface area contributed by atoms with Gasteiger partial charge in [0.1, 0.15) is 5.75 Å². The zero-order chi connectivity index (χ0) is 10.8. The van der Waals surface area contributed by atoms with Gasteiger partial charge in [0, 0.05) is 24.5 Å². The lowest BCUT2D eigenvalue weighted by Crippen LogP contribution is -2.15. The summed E-state index contributed by atoms with van der Waals surface area (Å²) in [6.07, 6.45) is 1.94. The Kier molecular flexibility index (Phi) is 2.47. The van der Waals surface area contributed by atoms with Crippen LogP contribution in [0.25, 0.3) is 0 Å². The van der Waals surface area contributed by atoms with Crippen molar-refractivity contribution in [2.24, 2.45) is 12.8 Å². The van der Waals surface area contributed by atoms with Gasteiger partial charge in [-0.15, -0.1) is 0 Å². The molecule has 0 saturated carbocycles. The van der Waals surface area contributed by atoms with Gasteiger partial charge in [0.2, 0.25) is 0 Å². The third kappa shape index (κ3) is 1.74. The van der Waals surface area contributed by atoms with Crippen LogP contribution in [0.1, 0.15) is 17.3 Å². The van der Waals surface area contributed by atoms with Crippen molar-refractivity contribution in [2.75, 3.05) is 0 Å². The van der Waals surface area contributed by atoms with Crippen molar-refractivity contribution in [1.29, 1.82) is 0 Å².